The molecule has 2 unspecified atom stereocenters. The minimum absolute atomic E-state index is 0.658. The summed E-state index contributed by atoms with van der Waals surface area (Å²) < 4.78 is 0. The van der Waals surface area contributed by atoms with E-state index in [1.807, 2.05) is 0 Å². The summed E-state index contributed by atoms with van der Waals surface area (Å²) in [4.78, 5) is 16.2. The number of carboxylic acids is 1. The van der Waals surface area contributed by atoms with Gasteiger partial charge in [0.15, 0.2) is 0 Å². The van der Waals surface area contributed by atoms with Crippen molar-refractivity contribution in [3.63, 3.8) is 0 Å². The van der Waals surface area contributed by atoms with Gasteiger partial charge in [-0.15, -0.1) is 0 Å². The summed E-state index contributed by atoms with van der Waals surface area (Å²) in [5.41, 5.74) is -0.799. The third-order valence-electron chi connectivity index (χ3n) is 4.62. The summed E-state index contributed by atoms with van der Waals surface area (Å²) in [5.74, 6) is -0.760. The minimum Gasteiger partial charge on any atom is -0.480 e. The summed E-state index contributed by atoms with van der Waals surface area (Å²) in [7, 11) is 1.73. The lowest BCUT2D eigenvalue weighted by atomic mass is 9.97. The SMILES string of the molecule is CNC(C)(CCN1CCN2CCCC2C1)C(=O)O. The second kappa shape index (κ2) is 5.55. The number of aliphatic carboxylic acids is 1. The van der Waals surface area contributed by atoms with Crippen molar-refractivity contribution in [3.05, 3.63) is 0 Å². The molecule has 2 rings (SSSR count). The number of fused-ring (bicyclic) bond motifs is 1. The number of piperazine rings is 1. The molecule has 18 heavy (non-hydrogen) atoms. The first-order chi connectivity index (χ1) is 8.55. The number of hydrogen-bond donors (Lipinski definition) is 2. The van der Waals surface area contributed by atoms with Gasteiger partial charge >= 0.3 is 5.97 Å². The molecule has 104 valence electrons. The summed E-state index contributed by atoms with van der Waals surface area (Å²) in [6.07, 6.45) is 3.28. The molecule has 2 N–H and O–H groups in total. The van der Waals surface area contributed by atoms with Gasteiger partial charge < -0.3 is 15.3 Å². The zero-order valence-electron chi connectivity index (χ0n) is 11.5. The third-order valence-corrected chi connectivity index (χ3v) is 4.62. The Labute approximate surface area is 109 Å². The van der Waals surface area contributed by atoms with Gasteiger partial charge in [0.25, 0.3) is 0 Å². The lowest BCUT2D eigenvalue weighted by Gasteiger charge is -2.38. The van der Waals surface area contributed by atoms with E-state index in [-0.39, 0.29) is 0 Å². The van der Waals surface area contributed by atoms with Crippen molar-refractivity contribution in [2.45, 2.75) is 37.8 Å². The lowest BCUT2D eigenvalue weighted by Crippen LogP contribution is -2.53. The molecule has 2 heterocycles. The summed E-state index contributed by atoms with van der Waals surface area (Å²) in [5, 5.41) is 12.2. The molecule has 0 spiro atoms. The van der Waals surface area contributed by atoms with E-state index in [1.165, 1.54) is 19.4 Å². The van der Waals surface area contributed by atoms with Crippen LogP contribution in [0.2, 0.25) is 0 Å². The zero-order chi connectivity index (χ0) is 13.2. The Bertz CT molecular complexity index is 311. The molecule has 5 heteroatoms. The first-order valence-electron chi connectivity index (χ1n) is 6.94. The van der Waals surface area contributed by atoms with Gasteiger partial charge in [0, 0.05) is 32.2 Å². The molecule has 0 aromatic rings. The topological polar surface area (TPSA) is 55.8 Å². The lowest BCUT2D eigenvalue weighted by molar-refractivity contribution is -0.144. The molecule has 0 aromatic heterocycles. The molecule has 2 aliphatic rings. The van der Waals surface area contributed by atoms with Crippen LogP contribution in [0.15, 0.2) is 0 Å². The molecule has 2 fully saturated rings. The van der Waals surface area contributed by atoms with Gasteiger partial charge in [-0.05, 0) is 39.8 Å². The van der Waals surface area contributed by atoms with Crippen LogP contribution >= 0.6 is 0 Å². The van der Waals surface area contributed by atoms with Crippen molar-refractivity contribution < 1.29 is 9.90 Å². The first-order valence-corrected chi connectivity index (χ1v) is 6.94. The average Bonchev–Trinajstić information content (AvgIpc) is 2.82. The molecule has 2 aliphatic heterocycles. The van der Waals surface area contributed by atoms with Gasteiger partial charge in [0.05, 0.1) is 0 Å². The van der Waals surface area contributed by atoms with Crippen LogP contribution in [0, 0.1) is 0 Å². The largest absolute Gasteiger partial charge is 0.480 e. The van der Waals surface area contributed by atoms with Crippen molar-refractivity contribution >= 4 is 5.97 Å². The minimum atomic E-state index is -0.799. The van der Waals surface area contributed by atoms with Gasteiger partial charge in [0.1, 0.15) is 5.54 Å². The number of carbonyl (C=O) groups is 1. The predicted octanol–water partition coefficient (Wildman–Crippen LogP) is 0.219. The second-order valence-corrected chi connectivity index (χ2v) is 5.77. The van der Waals surface area contributed by atoms with Crippen LogP contribution in [-0.2, 0) is 4.79 Å². The molecule has 0 aromatic carbocycles. The van der Waals surface area contributed by atoms with E-state index in [9.17, 15) is 9.90 Å². The molecule has 0 bridgehead atoms. The van der Waals surface area contributed by atoms with Crippen molar-refractivity contribution in [3.8, 4) is 0 Å². The maximum atomic E-state index is 11.2. The number of rotatable bonds is 5. The standard InChI is InChI=1S/C13H25N3O2/c1-13(14-2,12(17)18)5-7-15-8-9-16-6-3-4-11(16)10-15/h11,14H,3-10H2,1-2H3,(H,17,18). The Morgan fingerprint density at radius 2 is 2.22 bits per heavy atom. The van der Waals surface area contributed by atoms with E-state index in [0.29, 0.717) is 12.5 Å². The molecule has 2 atom stereocenters. The quantitative estimate of drug-likeness (QED) is 0.736. The highest BCUT2D eigenvalue weighted by Gasteiger charge is 2.34. The number of likely N-dealkylation sites (N-methyl/N-ethyl adjacent to an activating group) is 1. The number of carboxylic acid groups (broad SMARTS) is 1. The van der Waals surface area contributed by atoms with E-state index in [4.69, 9.17) is 0 Å². The van der Waals surface area contributed by atoms with Crippen LogP contribution in [0.4, 0.5) is 0 Å². The Kier molecular flexibility index (Phi) is 4.25. The number of nitrogens with zero attached hydrogens (tertiary/aromatic N) is 2. The van der Waals surface area contributed by atoms with Gasteiger partial charge in [-0.2, -0.15) is 0 Å². The molecule has 2 saturated heterocycles. The molecule has 0 amide bonds. The van der Waals surface area contributed by atoms with E-state index in [0.717, 1.165) is 26.2 Å². The van der Waals surface area contributed by atoms with E-state index >= 15 is 0 Å². The maximum absolute atomic E-state index is 11.2. The normalized spacial score (nSPS) is 28.9. The number of hydrogen-bond acceptors (Lipinski definition) is 4. The van der Waals surface area contributed by atoms with E-state index < -0.39 is 11.5 Å². The van der Waals surface area contributed by atoms with Gasteiger partial charge in [-0.1, -0.05) is 0 Å². The maximum Gasteiger partial charge on any atom is 0.323 e. The van der Waals surface area contributed by atoms with Crippen LogP contribution in [0.25, 0.3) is 0 Å². The van der Waals surface area contributed by atoms with Gasteiger partial charge in [-0.3, -0.25) is 9.69 Å². The fourth-order valence-electron chi connectivity index (χ4n) is 2.98. The average molecular weight is 255 g/mol. The molecular formula is C13H25N3O2. The fourth-order valence-corrected chi connectivity index (χ4v) is 2.98. The van der Waals surface area contributed by atoms with Crippen molar-refractivity contribution in [1.82, 2.24) is 15.1 Å². The van der Waals surface area contributed by atoms with Crippen molar-refractivity contribution in [2.24, 2.45) is 0 Å². The van der Waals surface area contributed by atoms with Crippen LogP contribution in [0.5, 0.6) is 0 Å². The van der Waals surface area contributed by atoms with Crippen molar-refractivity contribution in [1.29, 1.82) is 0 Å². The summed E-state index contributed by atoms with van der Waals surface area (Å²) in [6.45, 7) is 7.22. The monoisotopic (exact) mass is 255 g/mol. The predicted molar refractivity (Wildman–Crippen MR) is 70.8 cm³/mol. The van der Waals surface area contributed by atoms with Crippen LogP contribution in [0.3, 0.4) is 0 Å². The highest BCUT2D eigenvalue weighted by Crippen LogP contribution is 2.22. The first kappa shape index (κ1) is 13.8. The summed E-state index contributed by atoms with van der Waals surface area (Å²) >= 11 is 0. The highest BCUT2D eigenvalue weighted by atomic mass is 16.4. The smallest absolute Gasteiger partial charge is 0.323 e. The van der Waals surface area contributed by atoms with Gasteiger partial charge in [0.2, 0.25) is 0 Å². The Hall–Kier alpha value is -0.650. The molecule has 0 radical (unpaired) electrons. The van der Waals surface area contributed by atoms with Crippen LogP contribution in [0.1, 0.15) is 26.2 Å². The second-order valence-electron chi connectivity index (χ2n) is 5.77. The van der Waals surface area contributed by atoms with E-state index in [1.54, 1.807) is 14.0 Å². The van der Waals surface area contributed by atoms with Gasteiger partial charge in [-0.25, -0.2) is 0 Å². The Morgan fingerprint density at radius 1 is 1.44 bits per heavy atom. The zero-order valence-corrected chi connectivity index (χ0v) is 11.5. The fraction of sp³-hybridized carbons (Fsp3) is 0.923. The summed E-state index contributed by atoms with van der Waals surface area (Å²) in [6, 6.07) is 0.712. The molecule has 5 nitrogen and oxygen atoms in total. The van der Waals surface area contributed by atoms with Crippen molar-refractivity contribution in [2.75, 3.05) is 39.8 Å². The Morgan fingerprint density at radius 3 is 2.89 bits per heavy atom. The number of nitrogens with one attached hydrogen (secondary N) is 1. The molecule has 0 saturated carbocycles. The van der Waals surface area contributed by atoms with Crippen LogP contribution in [-0.4, -0.2) is 72.2 Å². The Balaban J connectivity index is 1.82. The third kappa shape index (κ3) is 2.84. The molecular weight excluding hydrogens is 230 g/mol. The highest BCUT2D eigenvalue weighted by molar-refractivity contribution is 5.78. The van der Waals surface area contributed by atoms with E-state index in [2.05, 4.69) is 15.1 Å². The van der Waals surface area contributed by atoms with Crippen LogP contribution < -0.4 is 5.32 Å². The molecule has 0 aliphatic carbocycles.